The molecule has 1 aromatic rings. The fourth-order valence-corrected chi connectivity index (χ4v) is 4.57. The molecule has 2 atom stereocenters. The summed E-state index contributed by atoms with van der Waals surface area (Å²) in [6.07, 6.45) is 3.66. The molecule has 1 aromatic heterocycles. The maximum Gasteiger partial charge on any atom is 0.239 e. The molecule has 23 heavy (non-hydrogen) atoms. The monoisotopic (exact) mass is 335 g/mol. The Morgan fingerprint density at radius 3 is 2.61 bits per heavy atom. The number of likely N-dealkylation sites (tertiary alicyclic amines) is 2. The highest BCUT2D eigenvalue weighted by Crippen LogP contribution is 2.35. The summed E-state index contributed by atoms with van der Waals surface area (Å²) in [4.78, 5) is 28.4. The molecule has 2 N–H and O–H groups in total. The second-order valence-electron chi connectivity index (χ2n) is 6.63. The molecule has 0 spiro atoms. The fourth-order valence-electron chi connectivity index (χ4n) is 3.87. The van der Waals surface area contributed by atoms with Gasteiger partial charge >= 0.3 is 0 Å². The predicted molar refractivity (Wildman–Crippen MR) is 91.0 cm³/mol. The molecule has 2 saturated heterocycles. The average molecular weight is 335 g/mol. The molecule has 5 nitrogen and oxygen atoms in total. The molecule has 0 aliphatic carbocycles. The van der Waals surface area contributed by atoms with Crippen LogP contribution in [0.5, 0.6) is 0 Å². The van der Waals surface area contributed by atoms with Crippen LogP contribution in [0.3, 0.4) is 0 Å². The standard InChI is InChI=1S/C17H25N3O2S/c1-12(17(22)19-8-4-13(5-9-19)16(18)21)20-7-2-3-15(20)14-6-10-23-11-14/h6,10-13,15H,2-5,7-9H2,1H3,(H2,18,21)/t12-,15+/m1/s1. The smallest absolute Gasteiger partial charge is 0.239 e. The second kappa shape index (κ2) is 7.01. The zero-order chi connectivity index (χ0) is 16.4. The van der Waals surface area contributed by atoms with E-state index < -0.39 is 0 Å². The summed E-state index contributed by atoms with van der Waals surface area (Å²) < 4.78 is 0. The van der Waals surface area contributed by atoms with Crippen molar-refractivity contribution in [3.63, 3.8) is 0 Å². The van der Waals surface area contributed by atoms with Gasteiger partial charge in [0.1, 0.15) is 0 Å². The number of piperidine rings is 1. The Balaban J connectivity index is 1.62. The summed E-state index contributed by atoms with van der Waals surface area (Å²) in [5.74, 6) is -0.114. The first kappa shape index (κ1) is 16.5. The number of hydrogen-bond acceptors (Lipinski definition) is 4. The van der Waals surface area contributed by atoms with Crippen molar-refractivity contribution in [2.45, 2.75) is 44.7 Å². The summed E-state index contributed by atoms with van der Waals surface area (Å²) in [6, 6.07) is 2.43. The van der Waals surface area contributed by atoms with Crippen molar-refractivity contribution in [1.82, 2.24) is 9.80 Å². The van der Waals surface area contributed by atoms with E-state index >= 15 is 0 Å². The number of amides is 2. The van der Waals surface area contributed by atoms with Crippen molar-refractivity contribution in [2.75, 3.05) is 19.6 Å². The Morgan fingerprint density at radius 2 is 2.00 bits per heavy atom. The molecule has 0 bridgehead atoms. The van der Waals surface area contributed by atoms with E-state index in [9.17, 15) is 9.59 Å². The van der Waals surface area contributed by atoms with Crippen molar-refractivity contribution in [1.29, 1.82) is 0 Å². The van der Waals surface area contributed by atoms with E-state index in [2.05, 4.69) is 21.7 Å². The van der Waals surface area contributed by atoms with Gasteiger partial charge in [0.15, 0.2) is 0 Å². The number of thiophene rings is 1. The molecule has 3 rings (SSSR count). The van der Waals surface area contributed by atoms with Gasteiger partial charge in [0.05, 0.1) is 6.04 Å². The highest BCUT2D eigenvalue weighted by atomic mass is 32.1. The maximum atomic E-state index is 12.8. The van der Waals surface area contributed by atoms with E-state index in [4.69, 9.17) is 5.73 Å². The Hall–Kier alpha value is -1.40. The van der Waals surface area contributed by atoms with Crippen molar-refractivity contribution in [3.05, 3.63) is 22.4 Å². The van der Waals surface area contributed by atoms with Gasteiger partial charge in [-0.15, -0.1) is 0 Å². The predicted octanol–water partition coefficient (Wildman–Crippen LogP) is 2.00. The van der Waals surface area contributed by atoms with Crippen LogP contribution in [-0.4, -0.2) is 47.3 Å². The van der Waals surface area contributed by atoms with Crippen LogP contribution in [0.4, 0.5) is 0 Å². The lowest BCUT2D eigenvalue weighted by molar-refractivity contribution is -0.139. The topological polar surface area (TPSA) is 66.6 Å². The Morgan fingerprint density at radius 1 is 1.26 bits per heavy atom. The molecule has 0 saturated carbocycles. The number of nitrogens with zero attached hydrogens (tertiary/aromatic N) is 2. The number of hydrogen-bond donors (Lipinski definition) is 1. The highest BCUT2D eigenvalue weighted by molar-refractivity contribution is 7.07. The van der Waals surface area contributed by atoms with E-state index in [1.54, 1.807) is 11.3 Å². The van der Waals surface area contributed by atoms with E-state index in [1.807, 2.05) is 11.8 Å². The Kier molecular flexibility index (Phi) is 5.02. The number of rotatable bonds is 4. The normalized spacial score (nSPS) is 24.7. The van der Waals surface area contributed by atoms with Gasteiger partial charge in [-0.25, -0.2) is 0 Å². The van der Waals surface area contributed by atoms with Crippen molar-refractivity contribution >= 4 is 23.2 Å². The van der Waals surface area contributed by atoms with Gasteiger partial charge in [-0.1, -0.05) is 0 Å². The highest BCUT2D eigenvalue weighted by Gasteiger charge is 2.36. The van der Waals surface area contributed by atoms with Crippen molar-refractivity contribution in [2.24, 2.45) is 11.7 Å². The van der Waals surface area contributed by atoms with Gasteiger partial charge in [-0.2, -0.15) is 11.3 Å². The van der Waals surface area contributed by atoms with Crippen LogP contribution < -0.4 is 5.73 Å². The van der Waals surface area contributed by atoms with Gasteiger partial charge in [0, 0.05) is 25.0 Å². The molecule has 2 amide bonds. The van der Waals surface area contributed by atoms with Crippen LogP contribution in [0.1, 0.15) is 44.2 Å². The number of carbonyl (C=O) groups excluding carboxylic acids is 2. The molecule has 126 valence electrons. The SMILES string of the molecule is C[C@H](C(=O)N1CCC(C(N)=O)CC1)N1CCC[C@H]1c1ccsc1. The third kappa shape index (κ3) is 3.43. The van der Waals surface area contributed by atoms with Crippen LogP contribution >= 0.6 is 11.3 Å². The third-order valence-corrected chi connectivity index (χ3v) is 5.99. The quantitative estimate of drug-likeness (QED) is 0.915. The fraction of sp³-hybridized carbons (Fsp3) is 0.647. The van der Waals surface area contributed by atoms with E-state index in [0.717, 1.165) is 19.4 Å². The molecule has 6 heteroatoms. The zero-order valence-electron chi connectivity index (χ0n) is 13.6. The van der Waals surface area contributed by atoms with E-state index in [0.29, 0.717) is 32.0 Å². The summed E-state index contributed by atoms with van der Waals surface area (Å²) >= 11 is 1.71. The summed E-state index contributed by atoms with van der Waals surface area (Å²) in [5, 5.41) is 4.30. The minimum Gasteiger partial charge on any atom is -0.369 e. The van der Waals surface area contributed by atoms with Crippen LogP contribution in [0, 0.1) is 5.92 Å². The first-order valence-electron chi connectivity index (χ1n) is 8.44. The van der Waals surface area contributed by atoms with Gasteiger partial charge in [-0.05, 0) is 61.5 Å². The zero-order valence-corrected chi connectivity index (χ0v) is 14.4. The Bertz CT molecular complexity index is 552. The van der Waals surface area contributed by atoms with Crippen LogP contribution in [0.2, 0.25) is 0 Å². The van der Waals surface area contributed by atoms with Gasteiger partial charge in [0.25, 0.3) is 0 Å². The van der Waals surface area contributed by atoms with Crippen LogP contribution in [-0.2, 0) is 9.59 Å². The lowest BCUT2D eigenvalue weighted by Gasteiger charge is -2.36. The summed E-state index contributed by atoms with van der Waals surface area (Å²) in [7, 11) is 0. The number of primary amides is 1. The molecule has 3 heterocycles. The molecular weight excluding hydrogens is 310 g/mol. The third-order valence-electron chi connectivity index (χ3n) is 5.29. The lowest BCUT2D eigenvalue weighted by Crippen LogP contribution is -2.50. The van der Waals surface area contributed by atoms with Crippen LogP contribution in [0.25, 0.3) is 0 Å². The van der Waals surface area contributed by atoms with Gasteiger partial charge in [0.2, 0.25) is 11.8 Å². The second-order valence-corrected chi connectivity index (χ2v) is 7.41. The van der Waals surface area contributed by atoms with E-state index in [-0.39, 0.29) is 23.8 Å². The molecule has 0 unspecified atom stereocenters. The number of nitrogens with two attached hydrogens (primary N) is 1. The first-order valence-corrected chi connectivity index (χ1v) is 9.38. The molecule has 2 aliphatic rings. The first-order chi connectivity index (χ1) is 11.1. The molecule has 0 radical (unpaired) electrons. The van der Waals surface area contributed by atoms with Gasteiger partial charge in [-0.3, -0.25) is 14.5 Å². The molecular formula is C17H25N3O2S. The number of carbonyl (C=O) groups is 2. The molecule has 0 aromatic carbocycles. The van der Waals surface area contributed by atoms with Crippen molar-refractivity contribution < 1.29 is 9.59 Å². The largest absolute Gasteiger partial charge is 0.369 e. The van der Waals surface area contributed by atoms with E-state index in [1.165, 1.54) is 5.56 Å². The summed E-state index contributed by atoms with van der Waals surface area (Å²) in [6.45, 7) is 4.29. The molecule has 2 aliphatic heterocycles. The summed E-state index contributed by atoms with van der Waals surface area (Å²) in [5.41, 5.74) is 6.70. The minimum atomic E-state index is -0.234. The minimum absolute atomic E-state index is 0.0697. The van der Waals surface area contributed by atoms with Crippen molar-refractivity contribution in [3.8, 4) is 0 Å². The van der Waals surface area contributed by atoms with Crippen LogP contribution in [0.15, 0.2) is 16.8 Å². The maximum absolute atomic E-state index is 12.8. The molecule has 2 fully saturated rings. The average Bonchev–Trinajstić information content (AvgIpc) is 3.24. The lowest BCUT2D eigenvalue weighted by atomic mass is 9.96. The Labute approximate surface area is 141 Å². The van der Waals surface area contributed by atoms with Gasteiger partial charge < -0.3 is 10.6 Å².